The van der Waals surface area contributed by atoms with E-state index in [0.717, 1.165) is 21.7 Å². The minimum Gasteiger partial charge on any atom is -0.480 e. The van der Waals surface area contributed by atoms with Crippen LogP contribution in [-0.2, 0) is 23.0 Å². The van der Waals surface area contributed by atoms with Gasteiger partial charge in [0.05, 0.1) is 24.3 Å². The first-order valence-electron chi connectivity index (χ1n) is 14.6. The van der Waals surface area contributed by atoms with E-state index in [1.54, 1.807) is 31.3 Å². The zero-order valence-electron chi connectivity index (χ0n) is 25.8. The highest BCUT2D eigenvalue weighted by atomic mass is 19.4. The second-order valence-corrected chi connectivity index (χ2v) is 11.4. The number of amides is 1. The molecule has 1 saturated heterocycles. The van der Waals surface area contributed by atoms with Gasteiger partial charge in [0.15, 0.2) is 0 Å². The number of morpholine rings is 1. The van der Waals surface area contributed by atoms with Gasteiger partial charge in [-0.3, -0.25) is 14.6 Å². The fraction of sp³-hybridized carbons (Fsp3) is 0.333. The van der Waals surface area contributed by atoms with Crippen molar-refractivity contribution in [1.29, 1.82) is 0 Å². The van der Waals surface area contributed by atoms with Crippen molar-refractivity contribution in [3.05, 3.63) is 92.5 Å². The zero-order chi connectivity index (χ0) is 34.4. The summed E-state index contributed by atoms with van der Waals surface area (Å²) in [5, 5.41) is 12.6. The molecule has 5 rings (SSSR count). The number of benzene rings is 2. The molecule has 14 heteroatoms. The van der Waals surface area contributed by atoms with Crippen LogP contribution in [0, 0.1) is 32.4 Å². The SMILES string of the molecule is Cc1c(C)c(C)n(C)c(=O)c1-c1ccc(C[C@H](NC(=O)c2c(F)cc(N3CCOCC3C(F)(F)F)cc2F)C(=O)O)c2cccnc12. The third kappa shape index (κ3) is 6.29. The van der Waals surface area contributed by atoms with Gasteiger partial charge in [0, 0.05) is 48.5 Å². The van der Waals surface area contributed by atoms with Crippen molar-refractivity contribution in [2.45, 2.75) is 45.5 Å². The van der Waals surface area contributed by atoms with Gasteiger partial charge in [-0.2, -0.15) is 13.2 Å². The topological polar surface area (TPSA) is 114 Å². The van der Waals surface area contributed by atoms with E-state index in [1.807, 2.05) is 20.8 Å². The number of hydrogen-bond donors (Lipinski definition) is 2. The number of pyridine rings is 2. The molecule has 4 aromatic rings. The predicted octanol–water partition coefficient (Wildman–Crippen LogP) is 5.00. The molecule has 1 aliphatic rings. The number of fused-ring (bicyclic) bond motifs is 1. The Bertz CT molecular complexity index is 1940. The van der Waals surface area contributed by atoms with Crippen LogP contribution in [0.1, 0.15) is 32.7 Å². The number of carbonyl (C=O) groups is 2. The number of rotatable bonds is 7. The molecule has 1 unspecified atom stereocenters. The van der Waals surface area contributed by atoms with Crippen molar-refractivity contribution < 1.29 is 41.4 Å². The van der Waals surface area contributed by atoms with Crippen LogP contribution in [0.15, 0.2) is 47.4 Å². The molecule has 2 aromatic heterocycles. The van der Waals surface area contributed by atoms with E-state index in [2.05, 4.69) is 10.3 Å². The van der Waals surface area contributed by atoms with E-state index in [0.29, 0.717) is 39.7 Å². The quantitative estimate of drug-likeness (QED) is 0.269. The smallest absolute Gasteiger partial charge is 0.411 e. The summed E-state index contributed by atoms with van der Waals surface area (Å²) in [6.45, 7) is 4.44. The molecule has 2 N–H and O–H groups in total. The number of anilines is 1. The van der Waals surface area contributed by atoms with Crippen molar-refractivity contribution in [2.75, 3.05) is 24.7 Å². The number of hydrogen-bond acceptors (Lipinski definition) is 6. The Labute approximate surface area is 265 Å². The van der Waals surface area contributed by atoms with E-state index in [9.17, 15) is 32.7 Å². The third-order valence-electron chi connectivity index (χ3n) is 8.75. The molecular formula is C33H31F5N4O5. The first-order valence-corrected chi connectivity index (χ1v) is 14.6. The summed E-state index contributed by atoms with van der Waals surface area (Å²) in [6, 6.07) is 3.94. The number of ether oxygens (including phenoxy) is 1. The summed E-state index contributed by atoms with van der Waals surface area (Å²) in [7, 11) is 1.67. The maximum atomic E-state index is 15.2. The summed E-state index contributed by atoms with van der Waals surface area (Å²) < 4.78 is 77.3. The molecular weight excluding hydrogens is 627 g/mol. The van der Waals surface area contributed by atoms with Gasteiger partial charge < -0.3 is 24.6 Å². The van der Waals surface area contributed by atoms with Crippen LogP contribution in [-0.4, -0.2) is 64.6 Å². The van der Waals surface area contributed by atoms with E-state index in [1.165, 1.54) is 10.8 Å². The highest BCUT2D eigenvalue weighted by Gasteiger charge is 2.46. The fourth-order valence-corrected chi connectivity index (χ4v) is 5.90. The van der Waals surface area contributed by atoms with Crippen LogP contribution in [0.25, 0.3) is 22.0 Å². The number of carboxylic acid groups (broad SMARTS) is 1. The largest absolute Gasteiger partial charge is 0.480 e. The molecule has 2 atom stereocenters. The normalized spacial score (nSPS) is 15.9. The Morgan fingerprint density at radius 3 is 2.43 bits per heavy atom. The monoisotopic (exact) mass is 658 g/mol. The molecule has 0 aliphatic carbocycles. The lowest BCUT2D eigenvalue weighted by molar-refractivity contribution is -0.167. The van der Waals surface area contributed by atoms with Gasteiger partial charge in [0.1, 0.15) is 29.3 Å². The van der Waals surface area contributed by atoms with Gasteiger partial charge in [-0.05, 0) is 55.7 Å². The van der Waals surface area contributed by atoms with E-state index < -0.39 is 59.6 Å². The summed E-state index contributed by atoms with van der Waals surface area (Å²) in [6.07, 6.45) is -3.55. The maximum absolute atomic E-state index is 15.2. The summed E-state index contributed by atoms with van der Waals surface area (Å²) in [4.78, 5) is 43.9. The first-order chi connectivity index (χ1) is 22.1. The van der Waals surface area contributed by atoms with E-state index in [4.69, 9.17) is 4.74 Å². The summed E-state index contributed by atoms with van der Waals surface area (Å²) >= 11 is 0. The maximum Gasteiger partial charge on any atom is 0.411 e. The summed E-state index contributed by atoms with van der Waals surface area (Å²) in [5.74, 6) is -5.82. The van der Waals surface area contributed by atoms with Gasteiger partial charge in [-0.25, -0.2) is 13.6 Å². The molecule has 1 fully saturated rings. The highest BCUT2D eigenvalue weighted by Crippen LogP contribution is 2.34. The second kappa shape index (κ2) is 12.7. The summed E-state index contributed by atoms with van der Waals surface area (Å²) in [5.41, 5.74) is 2.46. The van der Waals surface area contributed by atoms with Gasteiger partial charge in [-0.1, -0.05) is 18.2 Å². The number of nitrogens with zero attached hydrogens (tertiary/aromatic N) is 3. The minimum atomic E-state index is -4.75. The van der Waals surface area contributed by atoms with Gasteiger partial charge >= 0.3 is 12.1 Å². The van der Waals surface area contributed by atoms with Crippen LogP contribution >= 0.6 is 0 Å². The van der Waals surface area contributed by atoms with Crippen molar-refractivity contribution in [3.8, 4) is 11.1 Å². The van der Waals surface area contributed by atoms with Crippen LogP contribution in [0.4, 0.5) is 27.6 Å². The Hall–Kier alpha value is -4.85. The number of alkyl halides is 3. The van der Waals surface area contributed by atoms with Crippen molar-refractivity contribution in [1.82, 2.24) is 14.9 Å². The number of nitrogens with one attached hydrogen (secondary N) is 1. The molecule has 9 nitrogen and oxygen atoms in total. The Morgan fingerprint density at radius 2 is 1.79 bits per heavy atom. The van der Waals surface area contributed by atoms with Gasteiger partial charge in [0.25, 0.3) is 11.5 Å². The number of carbonyl (C=O) groups excluding carboxylic acids is 1. The first kappa shape index (κ1) is 33.5. The molecule has 0 spiro atoms. The highest BCUT2D eigenvalue weighted by molar-refractivity contribution is 5.99. The molecule has 1 aliphatic heterocycles. The van der Waals surface area contributed by atoms with Crippen LogP contribution in [0.2, 0.25) is 0 Å². The molecule has 248 valence electrons. The number of aliphatic carboxylic acids is 1. The third-order valence-corrected chi connectivity index (χ3v) is 8.75. The lowest BCUT2D eigenvalue weighted by Gasteiger charge is -2.38. The zero-order valence-corrected chi connectivity index (χ0v) is 25.8. The van der Waals surface area contributed by atoms with Crippen LogP contribution < -0.4 is 15.8 Å². The molecule has 0 radical (unpaired) electrons. The molecule has 47 heavy (non-hydrogen) atoms. The van der Waals surface area contributed by atoms with E-state index >= 15 is 8.78 Å². The van der Waals surface area contributed by atoms with Crippen molar-refractivity contribution >= 4 is 28.5 Å². The molecule has 2 aromatic carbocycles. The average Bonchev–Trinajstić information content (AvgIpc) is 3.02. The van der Waals surface area contributed by atoms with Crippen molar-refractivity contribution in [2.24, 2.45) is 7.05 Å². The van der Waals surface area contributed by atoms with Crippen LogP contribution in [0.3, 0.4) is 0 Å². The van der Waals surface area contributed by atoms with Crippen molar-refractivity contribution in [3.63, 3.8) is 0 Å². The number of carboxylic acids is 1. The lowest BCUT2D eigenvalue weighted by Crippen LogP contribution is -2.53. The average molecular weight is 659 g/mol. The number of halogens is 5. The van der Waals surface area contributed by atoms with Crippen LogP contribution in [0.5, 0.6) is 0 Å². The fourth-order valence-electron chi connectivity index (χ4n) is 5.90. The second-order valence-electron chi connectivity index (χ2n) is 11.4. The van der Waals surface area contributed by atoms with Gasteiger partial charge in [-0.15, -0.1) is 0 Å². The Balaban J connectivity index is 1.46. The Morgan fingerprint density at radius 1 is 1.11 bits per heavy atom. The molecule has 0 saturated carbocycles. The standard InChI is InChI=1S/C33H31F5N4O5/c1-16-17(2)27(31(44)41(4)18(16)3)22-8-7-19(21-6-5-9-39-29(21)22)12-25(32(45)46)40-30(43)28-23(34)13-20(14-24(28)35)42-10-11-47-15-26(42)33(36,37)38/h5-9,13-14,25-26H,10-12,15H2,1-4H3,(H,40,43)(H,45,46)/t25-,26?/m0/s1. The predicted molar refractivity (Wildman–Crippen MR) is 164 cm³/mol. The van der Waals surface area contributed by atoms with Gasteiger partial charge in [0.2, 0.25) is 0 Å². The molecule has 0 bridgehead atoms. The molecule has 1 amide bonds. The number of aromatic nitrogens is 2. The molecule has 3 heterocycles. The Kier molecular flexibility index (Phi) is 9.09. The minimum absolute atomic E-state index is 0.107. The van der Waals surface area contributed by atoms with E-state index in [-0.39, 0.29) is 25.1 Å². The lowest BCUT2D eigenvalue weighted by atomic mass is 9.92.